The van der Waals surface area contributed by atoms with Crippen molar-refractivity contribution in [2.75, 3.05) is 13.6 Å². The van der Waals surface area contributed by atoms with Crippen LogP contribution < -0.4 is 0 Å². The molecule has 0 unspecified atom stereocenters. The molecule has 1 aliphatic rings. The second-order valence-electron chi connectivity index (χ2n) is 5.09. The third kappa shape index (κ3) is 1.84. The quantitative estimate of drug-likeness (QED) is 0.835. The Labute approximate surface area is 106 Å². The topological polar surface area (TPSA) is 53.7 Å². The van der Waals surface area contributed by atoms with E-state index in [1.54, 1.807) is 10.6 Å². The Balaban J connectivity index is 2.05. The molecule has 1 N–H and O–H groups in total. The normalized spacial score (nSPS) is 21.6. The van der Waals surface area contributed by atoms with Crippen LogP contribution in [0.1, 0.15) is 36.7 Å². The molecule has 2 aromatic heterocycles. The van der Waals surface area contributed by atoms with Crippen LogP contribution in [0.4, 0.5) is 0 Å². The minimum atomic E-state index is 0.0587. The molecule has 2 aromatic rings. The first-order chi connectivity index (χ1) is 8.65. The van der Waals surface area contributed by atoms with Crippen molar-refractivity contribution >= 4 is 5.65 Å². The van der Waals surface area contributed by atoms with E-state index in [1.807, 2.05) is 13.0 Å². The van der Waals surface area contributed by atoms with Crippen LogP contribution in [0.25, 0.3) is 5.65 Å². The Hall–Kier alpha value is -1.62. The zero-order valence-electron chi connectivity index (χ0n) is 10.8. The second kappa shape index (κ2) is 4.24. The minimum absolute atomic E-state index is 0.0587. The molecule has 0 saturated carbocycles. The fourth-order valence-electron chi connectivity index (χ4n) is 2.74. The van der Waals surface area contributed by atoms with Crippen molar-refractivity contribution in [2.45, 2.75) is 32.2 Å². The third-order valence-electron chi connectivity index (χ3n) is 3.72. The molecule has 1 saturated heterocycles. The first kappa shape index (κ1) is 11.5. The van der Waals surface area contributed by atoms with Crippen LogP contribution >= 0.6 is 0 Å². The maximum atomic E-state index is 9.52. The van der Waals surface area contributed by atoms with Gasteiger partial charge in [0.25, 0.3) is 0 Å². The van der Waals surface area contributed by atoms with Crippen LogP contribution in [0.3, 0.4) is 0 Å². The number of aromatic hydroxyl groups is 1. The molecule has 1 aliphatic heterocycles. The summed E-state index contributed by atoms with van der Waals surface area (Å²) in [5.41, 5.74) is 2.68. The van der Waals surface area contributed by atoms with Crippen LogP contribution in [0.5, 0.6) is 5.88 Å². The molecule has 0 spiro atoms. The largest absolute Gasteiger partial charge is 0.493 e. The van der Waals surface area contributed by atoms with E-state index in [0.29, 0.717) is 6.04 Å². The van der Waals surface area contributed by atoms with Gasteiger partial charge >= 0.3 is 0 Å². The Morgan fingerprint density at radius 3 is 2.94 bits per heavy atom. The van der Waals surface area contributed by atoms with Gasteiger partial charge < -0.3 is 5.11 Å². The number of nitrogens with zero attached hydrogens (tertiary/aromatic N) is 4. The number of rotatable bonds is 1. The molecule has 5 nitrogen and oxygen atoms in total. The van der Waals surface area contributed by atoms with E-state index >= 15 is 0 Å². The highest BCUT2D eigenvalue weighted by Crippen LogP contribution is 2.29. The van der Waals surface area contributed by atoms with Gasteiger partial charge in [-0.2, -0.15) is 10.1 Å². The van der Waals surface area contributed by atoms with Gasteiger partial charge in [0.05, 0.1) is 11.7 Å². The summed E-state index contributed by atoms with van der Waals surface area (Å²) >= 11 is 0. The molecule has 0 aromatic carbocycles. The van der Waals surface area contributed by atoms with Gasteiger partial charge in [0.2, 0.25) is 5.88 Å². The van der Waals surface area contributed by atoms with E-state index in [4.69, 9.17) is 0 Å². The number of piperidine rings is 1. The Morgan fingerprint density at radius 1 is 1.33 bits per heavy atom. The first-order valence-electron chi connectivity index (χ1n) is 6.41. The highest BCUT2D eigenvalue weighted by Gasteiger charge is 2.23. The number of hydrogen-bond donors (Lipinski definition) is 1. The fraction of sp³-hybridized carbons (Fsp3) is 0.538. The first-order valence-corrected chi connectivity index (χ1v) is 6.41. The van der Waals surface area contributed by atoms with Gasteiger partial charge in [0.15, 0.2) is 5.65 Å². The van der Waals surface area contributed by atoms with Crippen LogP contribution in [0, 0.1) is 6.92 Å². The zero-order chi connectivity index (χ0) is 12.7. The van der Waals surface area contributed by atoms with Crippen molar-refractivity contribution < 1.29 is 5.11 Å². The number of likely N-dealkylation sites (tertiary alicyclic amines) is 1. The van der Waals surface area contributed by atoms with E-state index in [0.717, 1.165) is 30.0 Å². The molecular formula is C13H18N4O. The van der Waals surface area contributed by atoms with Crippen molar-refractivity contribution in [3.8, 4) is 5.88 Å². The average Bonchev–Trinajstić information content (AvgIpc) is 2.73. The van der Waals surface area contributed by atoms with Crippen molar-refractivity contribution in [3.05, 3.63) is 23.5 Å². The Bertz CT molecular complexity index is 578. The molecule has 1 fully saturated rings. The van der Waals surface area contributed by atoms with E-state index in [1.165, 1.54) is 12.8 Å². The molecule has 1 atom stereocenters. The predicted molar refractivity (Wildman–Crippen MR) is 68.6 cm³/mol. The number of hydrogen-bond acceptors (Lipinski definition) is 4. The highest BCUT2D eigenvalue weighted by molar-refractivity contribution is 5.43. The lowest BCUT2D eigenvalue weighted by Crippen LogP contribution is -2.29. The van der Waals surface area contributed by atoms with Gasteiger partial charge in [0, 0.05) is 17.8 Å². The number of aryl methyl sites for hydroxylation is 1. The lowest BCUT2D eigenvalue weighted by Gasteiger charge is -2.30. The summed E-state index contributed by atoms with van der Waals surface area (Å²) in [5, 5.41) is 14.1. The van der Waals surface area contributed by atoms with E-state index < -0.39 is 0 Å². The van der Waals surface area contributed by atoms with Crippen molar-refractivity contribution in [2.24, 2.45) is 0 Å². The summed E-state index contributed by atoms with van der Waals surface area (Å²) in [6, 6.07) is 4.00. The molecular weight excluding hydrogens is 228 g/mol. The standard InChI is InChI=1S/C13H18N4O/c1-9-7-13(18)14-12-8-10(15-17(9)12)11-5-3-4-6-16(11)2/h7-8,11H,3-6H2,1-2H3,(H,14,18)/t11-/m0/s1. The van der Waals surface area contributed by atoms with Gasteiger partial charge in [-0.05, 0) is 33.4 Å². The molecule has 0 amide bonds. The van der Waals surface area contributed by atoms with Crippen molar-refractivity contribution in [3.63, 3.8) is 0 Å². The molecule has 3 heterocycles. The minimum Gasteiger partial charge on any atom is -0.493 e. The third-order valence-corrected chi connectivity index (χ3v) is 3.72. The summed E-state index contributed by atoms with van der Waals surface area (Å²) in [6.45, 7) is 3.05. The van der Waals surface area contributed by atoms with Gasteiger partial charge in [-0.25, -0.2) is 4.52 Å². The summed E-state index contributed by atoms with van der Waals surface area (Å²) in [5.74, 6) is 0.0587. The Morgan fingerprint density at radius 2 is 2.17 bits per heavy atom. The fourth-order valence-corrected chi connectivity index (χ4v) is 2.74. The average molecular weight is 246 g/mol. The van der Waals surface area contributed by atoms with Gasteiger partial charge in [-0.1, -0.05) is 6.42 Å². The maximum absolute atomic E-state index is 9.52. The number of aromatic nitrogens is 3. The summed E-state index contributed by atoms with van der Waals surface area (Å²) in [7, 11) is 2.14. The van der Waals surface area contributed by atoms with Crippen molar-refractivity contribution in [1.29, 1.82) is 0 Å². The molecule has 0 radical (unpaired) electrons. The van der Waals surface area contributed by atoms with Crippen molar-refractivity contribution in [1.82, 2.24) is 19.5 Å². The van der Waals surface area contributed by atoms with Crippen LogP contribution in [-0.4, -0.2) is 38.2 Å². The second-order valence-corrected chi connectivity index (χ2v) is 5.09. The van der Waals surface area contributed by atoms with Gasteiger partial charge in [0.1, 0.15) is 0 Å². The monoisotopic (exact) mass is 246 g/mol. The Kier molecular flexibility index (Phi) is 2.70. The lowest BCUT2D eigenvalue weighted by atomic mass is 10.0. The summed E-state index contributed by atoms with van der Waals surface area (Å²) in [4.78, 5) is 6.46. The molecule has 3 rings (SSSR count). The van der Waals surface area contributed by atoms with Crippen LogP contribution in [0.2, 0.25) is 0 Å². The van der Waals surface area contributed by atoms with Crippen LogP contribution in [-0.2, 0) is 0 Å². The van der Waals surface area contributed by atoms with Crippen LogP contribution in [0.15, 0.2) is 12.1 Å². The summed E-state index contributed by atoms with van der Waals surface area (Å²) < 4.78 is 1.80. The predicted octanol–water partition coefficient (Wildman–Crippen LogP) is 1.90. The highest BCUT2D eigenvalue weighted by atomic mass is 16.3. The van der Waals surface area contributed by atoms with Gasteiger partial charge in [-0.15, -0.1) is 0 Å². The summed E-state index contributed by atoms with van der Waals surface area (Å²) in [6.07, 6.45) is 3.66. The molecule has 18 heavy (non-hydrogen) atoms. The molecule has 0 bridgehead atoms. The maximum Gasteiger partial charge on any atom is 0.214 e. The SMILES string of the molecule is Cc1cc(O)nc2cc([C@@H]3CCCCN3C)nn12. The lowest BCUT2D eigenvalue weighted by molar-refractivity contribution is 0.183. The van der Waals surface area contributed by atoms with E-state index in [2.05, 4.69) is 22.0 Å². The van der Waals surface area contributed by atoms with E-state index in [9.17, 15) is 5.11 Å². The number of fused-ring (bicyclic) bond motifs is 1. The molecule has 96 valence electrons. The molecule has 0 aliphatic carbocycles. The smallest absolute Gasteiger partial charge is 0.214 e. The molecule has 5 heteroatoms. The zero-order valence-corrected chi connectivity index (χ0v) is 10.8. The van der Waals surface area contributed by atoms with E-state index in [-0.39, 0.29) is 5.88 Å². The van der Waals surface area contributed by atoms with Gasteiger partial charge in [-0.3, -0.25) is 4.90 Å².